The molecule has 1 aromatic rings. The highest BCUT2D eigenvalue weighted by molar-refractivity contribution is 6.32. The molecule has 2 atom stereocenters. The summed E-state index contributed by atoms with van der Waals surface area (Å²) in [4.78, 5) is 10.7. The molecule has 0 aliphatic heterocycles. The number of alkyl halides is 3. The molecule has 118 valence electrons. The summed E-state index contributed by atoms with van der Waals surface area (Å²) in [5.74, 6) is -0.404. The molecule has 0 bridgehead atoms. The van der Waals surface area contributed by atoms with E-state index in [0.29, 0.717) is 11.3 Å². The van der Waals surface area contributed by atoms with Crippen molar-refractivity contribution in [3.63, 3.8) is 0 Å². The van der Waals surface area contributed by atoms with E-state index in [-0.39, 0.29) is 11.4 Å². The van der Waals surface area contributed by atoms with Crippen LogP contribution in [0.5, 0.6) is 5.75 Å². The molecule has 0 heterocycles. The number of aliphatic hydroxyl groups is 1. The first kappa shape index (κ1) is 17.8. The average molecular weight is 325 g/mol. The molecule has 7 heteroatoms. The maximum absolute atomic E-state index is 12.8. The fourth-order valence-electron chi connectivity index (χ4n) is 2.08. The van der Waals surface area contributed by atoms with E-state index in [2.05, 4.69) is 0 Å². The van der Waals surface area contributed by atoms with Crippen molar-refractivity contribution in [2.24, 2.45) is 0 Å². The number of halogens is 4. The van der Waals surface area contributed by atoms with Gasteiger partial charge in [-0.15, -0.1) is 0 Å². The second-order valence-corrected chi connectivity index (χ2v) is 5.09. The van der Waals surface area contributed by atoms with Crippen LogP contribution >= 0.6 is 11.6 Å². The lowest BCUT2D eigenvalue weighted by molar-refractivity contribution is -0.247. The Morgan fingerprint density at radius 3 is 2.48 bits per heavy atom. The minimum absolute atomic E-state index is 0.183. The highest BCUT2D eigenvalue weighted by Crippen LogP contribution is 2.41. The van der Waals surface area contributed by atoms with Crippen molar-refractivity contribution in [2.45, 2.75) is 37.5 Å². The first-order chi connectivity index (χ1) is 9.70. The zero-order chi connectivity index (χ0) is 16.3. The molecular formula is C14H16ClF3O3. The Labute approximate surface area is 125 Å². The largest absolute Gasteiger partial charge is 0.495 e. The standard InChI is InChI=1S/C14H16ClF3O3/c1-3-9(7-13(20,8-19)14(16,17)18)10-5-4-6-11(21-2)12(10)15/h4-6,8-9,20H,3,7H2,1-2H3. The highest BCUT2D eigenvalue weighted by atomic mass is 35.5. The van der Waals surface area contributed by atoms with Crippen LogP contribution in [0.15, 0.2) is 18.2 Å². The highest BCUT2D eigenvalue weighted by Gasteiger charge is 2.54. The van der Waals surface area contributed by atoms with E-state index in [1.165, 1.54) is 7.11 Å². The first-order valence-electron chi connectivity index (χ1n) is 6.28. The van der Waals surface area contributed by atoms with Crippen LogP contribution in [0.1, 0.15) is 31.2 Å². The first-order valence-corrected chi connectivity index (χ1v) is 6.65. The molecule has 3 nitrogen and oxygen atoms in total. The van der Waals surface area contributed by atoms with Gasteiger partial charge in [0.05, 0.1) is 12.1 Å². The van der Waals surface area contributed by atoms with Gasteiger partial charge in [-0.2, -0.15) is 13.2 Å². The number of methoxy groups -OCH3 is 1. The van der Waals surface area contributed by atoms with Crippen LogP contribution in [-0.4, -0.2) is 30.3 Å². The molecular weight excluding hydrogens is 309 g/mol. The molecule has 0 saturated carbocycles. The van der Waals surface area contributed by atoms with Crippen LogP contribution in [0, 0.1) is 0 Å². The lowest BCUT2D eigenvalue weighted by Gasteiger charge is -2.29. The molecule has 0 fully saturated rings. The summed E-state index contributed by atoms with van der Waals surface area (Å²) in [5.41, 5.74) is -2.98. The fraction of sp³-hybridized carbons (Fsp3) is 0.500. The Bertz CT molecular complexity index is 505. The predicted molar refractivity (Wildman–Crippen MR) is 72.7 cm³/mol. The van der Waals surface area contributed by atoms with E-state index >= 15 is 0 Å². The number of carbonyl (C=O) groups excluding carboxylic acids is 1. The second-order valence-electron chi connectivity index (χ2n) is 4.71. The molecule has 1 aromatic carbocycles. The third-order valence-electron chi connectivity index (χ3n) is 3.39. The monoisotopic (exact) mass is 324 g/mol. The molecule has 0 saturated heterocycles. The number of aldehydes is 1. The van der Waals surface area contributed by atoms with E-state index in [9.17, 15) is 23.1 Å². The number of carbonyl (C=O) groups is 1. The van der Waals surface area contributed by atoms with Gasteiger partial charge in [0.2, 0.25) is 5.60 Å². The average Bonchev–Trinajstić information content (AvgIpc) is 2.44. The van der Waals surface area contributed by atoms with Gasteiger partial charge in [0.1, 0.15) is 5.75 Å². The summed E-state index contributed by atoms with van der Waals surface area (Å²) in [5, 5.41) is 9.75. The Balaban J connectivity index is 3.18. The van der Waals surface area contributed by atoms with Gasteiger partial charge in [0.25, 0.3) is 0 Å². The van der Waals surface area contributed by atoms with Crippen molar-refractivity contribution >= 4 is 17.9 Å². The second kappa shape index (κ2) is 6.66. The molecule has 0 aliphatic carbocycles. The number of rotatable bonds is 6. The van der Waals surface area contributed by atoms with Gasteiger partial charge in [0, 0.05) is 0 Å². The van der Waals surface area contributed by atoms with Crippen molar-refractivity contribution in [3.8, 4) is 5.75 Å². The summed E-state index contributed by atoms with van der Waals surface area (Å²) >= 11 is 6.09. The van der Waals surface area contributed by atoms with Crippen molar-refractivity contribution < 1.29 is 27.8 Å². The van der Waals surface area contributed by atoms with Crippen LogP contribution in [-0.2, 0) is 4.79 Å². The molecule has 0 aliphatic rings. The minimum atomic E-state index is -5.03. The zero-order valence-corrected chi connectivity index (χ0v) is 12.3. The maximum Gasteiger partial charge on any atom is 0.424 e. The number of hydrogen-bond acceptors (Lipinski definition) is 3. The minimum Gasteiger partial charge on any atom is -0.495 e. The van der Waals surface area contributed by atoms with Crippen LogP contribution in [0.25, 0.3) is 0 Å². The van der Waals surface area contributed by atoms with Gasteiger partial charge in [-0.1, -0.05) is 30.7 Å². The van der Waals surface area contributed by atoms with E-state index in [1.54, 1.807) is 25.1 Å². The van der Waals surface area contributed by atoms with Crippen molar-refractivity contribution in [1.29, 1.82) is 0 Å². The molecule has 2 unspecified atom stereocenters. The van der Waals surface area contributed by atoms with E-state index in [4.69, 9.17) is 16.3 Å². The quantitative estimate of drug-likeness (QED) is 0.811. The van der Waals surface area contributed by atoms with Crippen molar-refractivity contribution in [2.75, 3.05) is 7.11 Å². The molecule has 0 radical (unpaired) electrons. The molecule has 0 aromatic heterocycles. The van der Waals surface area contributed by atoms with Gasteiger partial charge >= 0.3 is 6.18 Å². The summed E-state index contributed by atoms with van der Waals surface area (Å²) in [6, 6.07) is 4.73. The van der Waals surface area contributed by atoms with E-state index < -0.39 is 30.4 Å². The van der Waals surface area contributed by atoms with Gasteiger partial charge in [0.15, 0.2) is 6.29 Å². The number of ether oxygens (including phenoxy) is 1. The normalized spacial score (nSPS) is 16.1. The van der Waals surface area contributed by atoms with Gasteiger partial charge in [-0.25, -0.2) is 0 Å². The zero-order valence-electron chi connectivity index (χ0n) is 11.6. The predicted octanol–water partition coefficient (Wildman–Crippen LogP) is 3.72. The number of hydrogen-bond donors (Lipinski definition) is 1. The molecule has 21 heavy (non-hydrogen) atoms. The third kappa shape index (κ3) is 3.68. The Morgan fingerprint density at radius 2 is 2.05 bits per heavy atom. The summed E-state index contributed by atoms with van der Waals surface area (Å²) in [7, 11) is 1.39. The van der Waals surface area contributed by atoms with Crippen LogP contribution < -0.4 is 4.74 Å². The topological polar surface area (TPSA) is 46.5 Å². The van der Waals surface area contributed by atoms with Crippen LogP contribution in [0.3, 0.4) is 0 Å². The van der Waals surface area contributed by atoms with E-state index in [1.807, 2.05) is 0 Å². The fourth-order valence-corrected chi connectivity index (χ4v) is 2.44. The Morgan fingerprint density at radius 1 is 1.43 bits per heavy atom. The van der Waals surface area contributed by atoms with Crippen LogP contribution in [0.2, 0.25) is 5.02 Å². The molecule has 0 amide bonds. The summed E-state index contributed by atoms with van der Waals surface area (Å²) in [6.45, 7) is 1.65. The molecule has 0 spiro atoms. The summed E-state index contributed by atoms with van der Waals surface area (Å²) < 4.78 is 43.5. The SMILES string of the molecule is CCC(CC(O)(C=O)C(F)(F)F)c1cccc(OC)c1Cl. The Hall–Kier alpha value is -1.27. The lowest BCUT2D eigenvalue weighted by atomic mass is 9.84. The Kier molecular flexibility index (Phi) is 5.64. The van der Waals surface area contributed by atoms with Gasteiger partial charge < -0.3 is 9.84 Å². The summed E-state index contributed by atoms with van der Waals surface area (Å²) in [6.07, 6.45) is -6.01. The van der Waals surface area contributed by atoms with Gasteiger partial charge in [-0.05, 0) is 30.4 Å². The van der Waals surface area contributed by atoms with E-state index in [0.717, 1.165) is 0 Å². The molecule has 1 rings (SSSR count). The lowest BCUT2D eigenvalue weighted by Crippen LogP contribution is -2.47. The smallest absolute Gasteiger partial charge is 0.424 e. The third-order valence-corrected chi connectivity index (χ3v) is 3.79. The van der Waals surface area contributed by atoms with Crippen molar-refractivity contribution in [1.82, 2.24) is 0 Å². The van der Waals surface area contributed by atoms with Crippen molar-refractivity contribution in [3.05, 3.63) is 28.8 Å². The van der Waals surface area contributed by atoms with Gasteiger partial charge in [-0.3, -0.25) is 4.79 Å². The van der Waals surface area contributed by atoms with Crippen LogP contribution in [0.4, 0.5) is 13.2 Å². The molecule has 1 N–H and O–H groups in total. The number of benzene rings is 1. The maximum atomic E-state index is 12.8.